The number of benzene rings is 2. The van der Waals surface area contributed by atoms with Crippen molar-refractivity contribution in [1.29, 1.82) is 0 Å². The molecule has 0 aliphatic heterocycles. The third-order valence-electron chi connectivity index (χ3n) is 4.02. The first-order valence-electron chi connectivity index (χ1n) is 8.76. The molecule has 0 aromatic heterocycles. The second kappa shape index (κ2) is 9.35. The van der Waals surface area contributed by atoms with E-state index in [1.165, 1.54) is 43.0 Å². The van der Waals surface area contributed by atoms with Gasteiger partial charge in [0.05, 0.1) is 7.11 Å². The molecule has 0 heterocycles. The number of hydrogen-bond acceptors (Lipinski definition) is 4. The van der Waals surface area contributed by atoms with Crippen molar-refractivity contribution in [2.75, 3.05) is 7.11 Å². The average Bonchev–Trinajstić information content (AvgIpc) is 2.64. The van der Waals surface area contributed by atoms with Gasteiger partial charge < -0.3 is 14.2 Å². The first-order valence-corrected chi connectivity index (χ1v) is 8.76. The van der Waals surface area contributed by atoms with Gasteiger partial charge >= 0.3 is 12.6 Å². The summed E-state index contributed by atoms with van der Waals surface area (Å²) in [4.78, 5) is 11.9. The summed E-state index contributed by atoms with van der Waals surface area (Å²) in [5, 5.41) is 0. The quantitative estimate of drug-likeness (QED) is 0.472. The predicted molar refractivity (Wildman–Crippen MR) is 104 cm³/mol. The van der Waals surface area contributed by atoms with E-state index in [1.54, 1.807) is 0 Å². The fraction of sp³-hybridized carbons (Fsp3) is 0.318. The Morgan fingerprint density at radius 2 is 1.75 bits per heavy atom. The van der Waals surface area contributed by atoms with E-state index in [-0.39, 0.29) is 23.5 Å². The SMILES string of the molecule is COc1cc(/C=C/C(=O)OCc2ccc(C(C)(C)C)cc2)ccc1OC(F)F. The Morgan fingerprint density at radius 3 is 2.32 bits per heavy atom. The van der Waals surface area contributed by atoms with Crippen LogP contribution in [0.5, 0.6) is 11.5 Å². The molecule has 2 rings (SSSR count). The van der Waals surface area contributed by atoms with Crippen LogP contribution in [0.2, 0.25) is 0 Å². The number of methoxy groups -OCH3 is 1. The first-order chi connectivity index (χ1) is 13.2. The highest BCUT2D eigenvalue weighted by Crippen LogP contribution is 2.30. The molecule has 0 aliphatic rings. The van der Waals surface area contributed by atoms with Crippen LogP contribution in [-0.4, -0.2) is 19.7 Å². The standard InChI is InChI=1S/C22H24F2O4/c1-22(2,3)17-9-5-16(6-10-17)14-27-20(25)12-8-15-7-11-18(28-21(23)24)19(13-15)26-4/h5-13,21H,14H2,1-4H3/b12-8+. The lowest BCUT2D eigenvalue weighted by atomic mass is 9.87. The van der Waals surface area contributed by atoms with Gasteiger partial charge in [0, 0.05) is 6.08 Å². The minimum Gasteiger partial charge on any atom is -0.493 e. The van der Waals surface area contributed by atoms with E-state index < -0.39 is 12.6 Å². The van der Waals surface area contributed by atoms with Gasteiger partial charge in [-0.2, -0.15) is 8.78 Å². The van der Waals surface area contributed by atoms with E-state index in [2.05, 4.69) is 25.5 Å². The van der Waals surface area contributed by atoms with Crippen molar-refractivity contribution in [3.63, 3.8) is 0 Å². The first kappa shape index (κ1) is 21.4. The molecule has 0 saturated carbocycles. The van der Waals surface area contributed by atoms with Crippen LogP contribution in [0.4, 0.5) is 8.78 Å². The highest BCUT2D eigenvalue weighted by Gasteiger charge is 2.13. The summed E-state index contributed by atoms with van der Waals surface area (Å²) in [5.41, 5.74) is 2.75. The third kappa shape index (κ3) is 6.37. The largest absolute Gasteiger partial charge is 0.493 e. The highest BCUT2D eigenvalue weighted by molar-refractivity contribution is 5.87. The molecule has 0 amide bonds. The number of alkyl halides is 2. The van der Waals surface area contributed by atoms with Crippen LogP contribution in [0.1, 0.15) is 37.5 Å². The van der Waals surface area contributed by atoms with Gasteiger partial charge in [-0.05, 0) is 40.3 Å². The molecule has 0 saturated heterocycles. The number of ether oxygens (including phenoxy) is 3. The van der Waals surface area contributed by atoms with Gasteiger partial charge in [0.15, 0.2) is 11.5 Å². The Morgan fingerprint density at radius 1 is 1.07 bits per heavy atom. The molecule has 28 heavy (non-hydrogen) atoms. The van der Waals surface area contributed by atoms with Gasteiger partial charge in [0.25, 0.3) is 0 Å². The van der Waals surface area contributed by atoms with Crippen LogP contribution >= 0.6 is 0 Å². The third-order valence-corrected chi connectivity index (χ3v) is 4.02. The van der Waals surface area contributed by atoms with Gasteiger partial charge in [-0.1, -0.05) is 51.1 Å². The number of halogens is 2. The lowest BCUT2D eigenvalue weighted by Crippen LogP contribution is -2.10. The smallest absolute Gasteiger partial charge is 0.387 e. The summed E-state index contributed by atoms with van der Waals surface area (Å²) < 4.78 is 39.3. The highest BCUT2D eigenvalue weighted by atomic mass is 19.3. The van der Waals surface area contributed by atoms with Gasteiger partial charge in [-0.15, -0.1) is 0 Å². The molecule has 0 atom stereocenters. The van der Waals surface area contributed by atoms with Gasteiger partial charge in [-0.3, -0.25) is 0 Å². The minimum atomic E-state index is -2.94. The summed E-state index contributed by atoms with van der Waals surface area (Å²) >= 11 is 0. The molecule has 0 radical (unpaired) electrons. The minimum absolute atomic E-state index is 0.0644. The van der Waals surface area contributed by atoms with Crippen LogP contribution < -0.4 is 9.47 Å². The molecule has 0 unspecified atom stereocenters. The number of carbonyl (C=O) groups excluding carboxylic acids is 1. The lowest BCUT2D eigenvalue weighted by Gasteiger charge is -2.19. The number of esters is 1. The van der Waals surface area contributed by atoms with E-state index in [4.69, 9.17) is 9.47 Å². The lowest BCUT2D eigenvalue weighted by molar-refractivity contribution is -0.138. The Kier molecular flexibility index (Phi) is 7.15. The van der Waals surface area contributed by atoms with E-state index in [1.807, 2.05) is 24.3 Å². The van der Waals surface area contributed by atoms with Crippen molar-refractivity contribution in [3.8, 4) is 11.5 Å². The van der Waals surface area contributed by atoms with Crippen LogP contribution in [0.15, 0.2) is 48.5 Å². The van der Waals surface area contributed by atoms with Crippen LogP contribution in [0, 0.1) is 0 Å². The molecule has 150 valence electrons. The van der Waals surface area contributed by atoms with E-state index in [0.29, 0.717) is 5.56 Å². The number of hydrogen-bond donors (Lipinski definition) is 0. The molecule has 4 nitrogen and oxygen atoms in total. The maximum Gasteiger partial charge on any atom is 0.387 e. The van der Waals surface area contributed by atoms with Crippen molar-refractivity contribution in [2.45, 2.75) is 39.4 Å². The molecule has 0 fully saturated rings. The second-order valence-electron chi connectivity index (χ2n) is 7.18. The summed E-state index contributed by atoms with van der Waals surface area (Å²) in [6.07, 6.45) is 2.78. The van der Waals surface area contributed by atoms with Crippen molar-refractivity contribution in [1.82, 2.24) is 0 Å². The molecule has 2 aromatic carbocycles. The van der Waals surface area contributed by atoms with Gasteiger partial charge in [-0.25, -0.2) is 4.79 Å². The molecule has 0 spiro atoms. The Labute approximate surface area is 163 Å². The zero-order valence-electron chi connectivity index (χ0n) is 16.4. The fourth-order valence-electron chi connectivity index (χ4n) is 2.45. The fourth-order valence-corrected chi connectivity index (χ4v) is 2.45. The van der Waals surface area contributed by atoms with Crippen molar-refractivity contribution < 1.29 is 27.8 Å². The van der Waals surface area contributed by atoms with Crippen molar-refractivity contribution in [2.24, 2.45) is 0 Å². The monoisotopic (exact) mass is 390 g/mol. The normalized spacial score (nSPS) is 11.7. The van der Waals surface area contributed by atoms with Gasteiger partial charge in [0.2, 0.25) is 0 Å². The van der Waals surface area contributed by atoms with Gasteiger partial charge in [0.1, 0.15) is 6.61 Å². The number of rotatable bonds is 7. The van der Waals surface area contributed by atoms with Crippen LogP contribution in [0.25, 0.3) is 6.08 Å². The number of carbonyl (C=O) groups is 1. The van der Waals surface area contributed by atoms with Crippen molar-refractivity contribution >= 4 is 12.0 Å². The molecule has 0 bridgehead atoms. The summed E-state index contributed by atoms with van der Waals surface area (Å²) in [6.45, 7) is 3.62. The zero-order valence-corrected chi connectivity index (χ0v) is 16.4. The molecule has 0 aliphatic carbocycles. The molecule has 2 aromatic rings. The Balaban J connectivity index is 1.94. The maximum absolute atomic E-state index is 12.3. The predicted octanol–water partition coefficient (Wildman–Crippen LogP) is 5.35. The van der Waals surface area contributed by atoms with E-state index in [9.17, 15) is 13.6 Å². The summed E-state index contributed by atoms with van der Waals surface area (Å²) in [6, 6.07) is 12.3. The molecular formula is C22H24F2O4. The molecule has 6 heteroatoms. The van der Waals surface area contributed by atoms with E-state index in [0.717, 1.165) is 5.56 Å². The van der Waals surface area contributed by atoms with E-state index >= 15 is 0 Å². The van der Waals surface area contributed by atoms with Crippen LogP contribution in [0.3, 0.4) is 0 Å². The Hall–Kier alpha value is -2.89. The second-order valence-corrected chi connectivity index (χ2v) is 7.18. The maximum atomic E-state index is 12.3. The summed E-state index contributed by atoms with van der Waals surface area (Å²) in [7, 11) is 1.35. The topological polar surface area (TPSA) is 44.8 Å². The van der Waals surface area contributed by atoms with Crippen LogP contribution in [-0.2, 0) is 21.6 Å². The molecule has 0 N–H and O–H groups in total. The zero-order chi connectivity index (χ0) is 20.7. The average molecular weight is 390 g/mol. The van der Waals surface area contributed by atoms with Crippen molar-refractivity contribution in [3.05, 3.63) is 65.2 Å². The Bertz CT molecular complexity index is 821. The summed E-state index contributed by atoms with van der Waals surface area (Å²) in [5.74, 6) is -0.433. The molecular weight excluding hydrogens is 366 g/mol.